The van der Waals surface area contributed by atoms with Crippen molar-refractivity contribution in [3.8, 4) is 11.5 Å². The number of fused-ring (bicyclic) bond motifs is 1. The number of nitrogens with one attached hydrogen (secondary N) is 1. The van der Waals surface area contributed by atoms with Crippen molar-refractivity contribution in [1.82, 2.24) is 15.3 Å². The Labute approximate surface area is 181 Å². The number of amides is 1. The lowest BCUT2D eigenvalue weighted by molar-refractivity contribution is -0.137. The molecular formula is C24H18F3N3O2. The maximum absolute atomic E-state index is 13.0. The summed E-state index contributed by atoms with van der Waals surface area (Å²) in [5.41, 5.74) is 1.35. The largest absolute Gasteiger partial charge is 0.456 e. The molecule has 0 radical (unpaired) electrons. The Balaban J connectivity index is 1.59. The summed E-state index contributed by atoms with van der Waals surface area (Å²) >= 11 is 0. The molecule has 4 aromatic rings. The fourth-order valence-electron chi connectivity index (χ4n) is 3.25. The van der Waals surface area contributed by atoms with Crippen LogP contribution in [0.15, 0.2) is 73.2 Å². The van der Waals surface area contributed by atoms with Crippen molar-refractivity contribution >= 4 is 16.8 Å². The molecule has 2 aromatic heterocycles. The van der Waals surface area contributed by atoms with E-state index >= 15 is 0 Å². The first-order valence-electron chi connectivity index (χ1n) is 9.73. The Morgan fingerprint density at radius 2 is 1.78 bits per heavy atom. The Bertz CT molecular complexity index is 1270. The molecule has 5 nitrogen and oxygen atoms in total. The van der Waals surface area contributed by atoms with E-state index in [0.29, 0.717) is 34.6 Å². The van der Waals surface area contributed by atoms with Crippen LogP contribution in [0.25, 0.3) is 10.9 Å². The van der Waals surface area contributed by atoms with Crippen molar-refractivity contribution in [3.05, 3.63) is 95.4 Å². The molecule has 2 aromatic carbocycles. The fraction of sp³-hybridized carbons (Fsp3) is 0.125. The van der Waals surface area contributed by atoms with Gasteiger partial charge in [0.2, 0.25) is 0 Å². The van der Waals surface area contributed by atoms with Gasteiger partial charge in [0, 0.05) is 41.6 Å². The lowest BCUT2D eigenvalue weighted by Gasteiger charge is -2.14. The van der Waals surface area contributed by atoms with E-state index < -0.39 is 11.7 Å². The number of carbonyl (C=O) groups excluding carboxylic acids is 1. The molecule has 0 aliphatic rings. The molecule has 0 spiro atoms. The van der Waals surface area contributed by atoms with Gasteiger partial charge in [-0.05, 0) is 61.0 Å². The number of pyridine rings is 2. The van der Waals surface area contributed by atoms with Crippen LogP contribution in [0.4, 0.5) is 13.2 Å². The number of benzene rings is 2. The van der Waals surface area contributed by atoms with Gasteiger partial charge < -0.3 is 10.1 Å². The van der Waals surface area contributed by atoms with Crippen molar-refractivity contribution in [2.24, 2.45) is 0 Å². The monoisotopic (exact) mass is 437 g/mol. The summed E-state index contributed by atoms with van der Waals surface area (Å²) in [6, 6.07) is 13.6. The first-order valence-corrected chi connectivity index (χ1v) is 9.73. The molecule has 162 valence electrons. The maximum Gasteiger partial charge on any atom is 0.416 e. The van der Waals surface area contributed by atoms with Crippen LogP contribution in [0.5, 0.6) is 11.5 Å². The van der Waals surface area contributed by atoms with Crippen molar-refractivity contribution in [2.75, 3.05) is 0 Å². The van der Waals surface area contributed by atoms with Gasteiger partial charge in [-0.3, -0.25) is 14.8 Å². The number of ether oxygens (including phenoxy) is 1. The van der Waals surface area contributed by atoms with E-state index in [0.717, 1.165) is 17.7 Å². The summed E-state index contributed by atoms with van der Waals surface area (Å²) in [6.07, 6.45) is 0.232. The molecule has 32 heavy (non-hydrogen) atoms. The van der Waals surface area contributed by atoms with Gasteiger partial charge in [-0.1, -0.05) is 6.07 Å². The minimum atomic E-state index is -4.46. The molecule has 8 heteroatoms. The highest BCUT2D eigenvalue weighted by atomic mass is 19.4. The molecule has 1 N–H and O–H groups in total. The molecule has 0 aliphatic carbocycles. The second-order valence-electron chi connectivity index (χ2n) is 7.11. The summed E-state index contributed by atoms with van der Waals surface area (Å²) in [6.45, 7) is 2.10. The zero-order valence-corrected chi connectivity index (χ0v) is 17.0. The summed E-state index contributed by atoms with van der Waals surface area (Å²) in [5, 5.41) is 3.30. The Kier molecular flexibility index (Phi) is 5.77. The smallest absolute Gasteiger partial charge is 0.416 e. The van der Waals surface area contributed by atoms with Gasteiger partial charge in [-0.25, -0.2) is 0 Å². The molecule has 0 unspecified atom stereocenters. The third-order valence-electron chi connectivity index (χ3n) is 4.98. The first-order chi connectivity index (χ1) is 15.3. The third-order valence-corrected chi connectivity index (χ3v) is 4.98. The summed E-state index contributed by atoms with van der Waals surface area (Å²) < 4.78 is 45.0. The van der Waals surface area contributed by atoms with Crippen LogP contribution in [0.3, 0.4) is 0 Å². The van der Waals surface area contributed by atoms with Crippen LogP contribution in [-0.2, 0) is 12.7 Å². The van der Waals surface area contributed by atoms with Crippen LogP contribution >= 0.6 is 0 Å². The summed E-state index contributed by atoms with van der Waals surface area (Å²) in [7, 11) is 0. The number of halogens is 3. The van der Waals surface area contributed by atoms with Gasteiger partial charge in [0.05, 0.1) is 11.1 Å². The summed E-state index contributed by atoms with van der Waals surface area (Å²) in [5.74, 6) is 0.509. The van der Waals surface area contributed by atoms with Gasteiger partial charge in [0.1, 0.15) is 11.5 Å². The second-order valence-corrected chi connectivity index (χ2v) is 7.11. The molecule has 2 heterocycles. The lowest BCUT2D eigenvalue weighted by Crippen LogP contribution is -2.23. The fourth-order valence-corrected chi connectivity index (χ4v) is 3.25. The number of carbonyl (C=O) groups is 1. The third kappa shape index (κ3) is 4.54. The highest BCUT2D eigenvalue weighted by molar-refractivity contribution is 5.96. The highest BCUT2D eigenvalue weighted by Crippen LogP contribution is 2.35. The Morgan fingerprint density at radius 3 is 2.53 bits per heavy atom. The van der Waals surface area contributed by atoms with Crippen molar-refractivity contribution in [3.63, 3.8) is 0 Å². The minimum absolute atomic E-state index is 0.168. The maximum atomic E-state index is 13.0. The molecule has 0 bridgehead atoms. The predicted molar refractivity (Wildman–Crippen MR) is 113 cm³/mol. The van der Waals surface area contributed by atoms with Crippen molar-refractivity contribution in [1.29, 1.82) is 0 Å². The zero-order valence-electron chi connectivity index (χ0n) is 17.0. The molecular weight excluding hydrogens is 419 g/mol. The average Bonchev–Trinajstić information content (AvgIpc) is 2.79. The molecule has 4 rings (SSSR count). The number of rotatable bonds is 5. The van der Waals surface area contributed by atoms with E-state index in [1.54, 1.807) is 43.6 Å². The van der Waals surface area contributed by atoms with Crippen LogP contribution < -0.4 is 10.1 Å². The van der Waals surface area contributed by atoms with Crippen LogP contribution in [-0.4, -0.2) is 15.9 Å². The second kappa shape index (κ2) is 8.66. The highest BCUT2D eigenvalue weighted by Gasteiger charge is 2.30. The number of aromatic nitrogens is 2. The zero-order chi connectivity index (χ0) is 22.7. The van der Waals surface area contributed by atoms with E-state index in [4.69, 9.17) is 4.74 Å². The standard InChI is InChI=1S/C24H18F3N3O2/c1-15-18(23(31)30-14-16-7-10-28-11-8-16)3-2-4-21(15)32-22-9-12-29-20-13-17(24(25,26)27)5-6-19(20)22/h2-13H,14H2,1H3,(H,30,31). The predicted octanol–water partition coefficient (Wildman–Crippen LogP) is 5.68. The minimum Gasteiger partial charge on any atom is -0.456 e. The van der Waals surface area contributed by atoms with E-state index in [9.17, 15) is 18.0 Å². The van der Waals surface area contributed by atoms with Gasteiger partial charge in [-0.15, -0.1) is 0 Å². The molecule has 0 aliphatic heterocycles. The molecule has 0 fully saturated rings. The SMILES string of the molecule is Cc1c(Oc2ccnc3cc(C(F)(F)F)ccc23)cccc1C(=O)NCc1ccncc1. The first kappa shape index (κ1) is 21.3. The summed E-state index contributed by atoms with van der Waals surface area (Å²) in [4.78, 5) is 20.7. The average molecular weight is 437 g/mol. The lowest BCUT2D eigenvalue weighted by atomic mass is 10.1. The van der Waals surface area contributed by atoms with Crippen molar-refractivity contribution < 1.29 is 22.7 Å². The van der Waals surface area contributed by atoms with E-state index in [-0.39, 0.29) is 11.4 Å². The topological polar surface area (TPSA) is 64.1 Å². The van der Waals surface area contributed by atoms with Crippen LogP contribution in [0, 0.1) is 6.92 Å². The van der Waals surface area contributed by atoms with E-state index in [2.05, 4.69) is 15.3 Å². The van der Waals surface area contributed by atoms with Gasteiger partial charge >= 0.3 is 6.18 Å². The molecule has 0 saturated heterocycles. The molecule has 0 saturated carbocycles. The quantitative estimate of drug-likeness (QED) is 0.436. The molecule has 1 amide bonds. The van der Waals surface area contributed by atoms with Crippen molar-refractivity contribution in [2.45, 2.75) is 19.6 Å². The molecule has 0 atom stereocenters. The Hall–Kier alpha value is -3.94. The number of nitrogens with zero attached hydrogens (tertiary/aromatic N) is 2. The number of hydrogen-bond donors (Lipinski definition) is 1. The van der Waals surface area contributed by atoms with Gasteiger partial charge in [0.15, 0.2) is 0 Å². The Morgan fingerprint density at radius 1 is 1.00 bits per heavy atom. The van der Waals surface area contributed by atoms with Crippen LogP contribution in [0.2, 0.25) is 0 Å². The number of alkyl halides is 3. The number of hydrogen-bond acceptors (Lipinski definition) is 4. The van der Waals surface area contributed by atoms with Crippen LogP contribution in [0.1, 0.15) is 27.0 Å². The normalized spacial score (nSPS) is 11.4. The van der Waals surface area contributed by atoms with Gasteiger partial charge in [-0.2, -0.15) is 13.2 Å². The van der Waals surface area contributed by atoms with E-state index in [1.807, 2.05) is 12.1 Å². The van der Waals surface area contributed by atoms with E-state index in [1.165, 1.54) is 12.3 Å². The van der Waals surface area contributed by atoms with Gasteiger partial charge in [0.25, 0.3) is 5.91 Å².